The maximum absolute atomic E-state index is 13.5. The van der Waals surface area contributed by atoms with Crippen LogP contribution in [-0.2, 0) is 26.1 Å². The molecule has 2 saturated heterocycles. The standard InChI is InChI=1S/C23H26N4O6S/c1-3-4-20(28)25-11-16(12-25)27-21(29)18-9-17(34(31,32)24-23(2)7-8-23)5-6-19(18)26(22(27)30)10-15-13-33-14-15/h5-6,9,15-16,24H,7-8,10-14H2,1-2H3. The SMILES string of the molecule is CC#CC(=O)N1CC(n2c(=O)c3cc(S(=O)(=O)NC4(C)CC4)ccc3n(CC3COC3)c2=O)C1. The lowest BCUT2D eigenvalue weighted by Crippen LogP contribution is -2.57. The molecule has 0 atom stereocenters. The Hall–Kier alpha value is -2.94. The molecule has 1 aliphatic carbocycles. The summed E-state index contributed by atoms with van der Waals surface area (Å²) in [6.07, 6.45) is 1.52. The molecule has 5 rings (SSSR count). The van der Waals surface area contributed by atoms with Gasteiger partial charge in [0.2, 0.25) is 10.0 Å². The van der Waals surface area contributed by atoms with Crippen LogP contribution < -0.4 is 16.0 Å². The summed E-state index contributed by atoms with van der Waals surface area (Å²) in [5.74, 6) is 4.79. The lowest BCUT2D eigenvalue weighted by Gasteiger charge is -2.38. The number of aromatic nitrogens is 2. The number of benzene rings is 1. The molecule has 1 saturated carbocycles. The van der Waals surface area contributed by atoms with Crippen molar-refractivity contribution < 1.29 is 17.9 Å². The van der Waals surface area contributed by atoms with Crippen LogP contribution in [0.2, 0.25) is 0 Å². The van der Waals surface area contributed by atoms with E-state index < -0.39 is 32.9 Å². The molecule has 1 N–H and O–H groups in total. The molecule has 10 nitrogen and oxygen atoms in total. The first-order valence-electron chi connectivity index (χ1n) is 11.2. The van der Waals surface area contributed by atoms with Gasteiger partial charge in [-0.25, -0.2) is 17.9 Å². The smallest absolute Gasteiger partial charge is 0.331 e. The molecule has 2 aromatic rings. The van der Waals surface area contributed by atoms with Crippen LogP contribution in [0.1, 0.15) is 32.7 Å². The fourth-order valence-electron chi connectivity index (χ4n) is 4.33. The minimum Gasteiger partial charge on any atom is -0.381 e. The lowest BCUT2D eigenvalue weighted by atomic mass is 10.1. The average molecular weight is 487 g/mol. The van der Waals surface area contributed by atoms with Crippen LogP contribution in [0.3, 0.4) is 0 Å². The monoisotopic (exact) mass is 486 g/mol. The van der Waals surface area contributed by atoms with Crippen molar-refractivity contribution in [1.29, 1.82) is 0 Å². The minimum atomic E-state index is -3.83. The van der Waals surface area contributed by atoms with E-state index in [1.165, 1.54) is 27.7 Å². The Bertz CT molecular complexity index is 1470. The molecule has 0 radical (unpaired) electrons. The fraction of sp³-hybridized carbons (Fsp3) is 0.522. The van der Waals surface area contributed by atoms with Crippen molar-refractivity contribution in [2.45, 2.75) is 49.7 Å². The van der Waals surface area contributed by atoms with Crippen LogP contribution in [0.25, 0.3) is 10.9 Å². The predicted molar refractivity (Wildman–Crippen MR) is 124 cm³/mol. The summed E-state index contributed by atoms with van der Waals surface area (Å²) in [6, 6.07) is 3.80. The summed E-state index contributed by atoms with van der Waals surface area (Å²) in [5, 5.41) is 0.154. The predicted octanol–water partition coefficient (Wildman–Crippen LogP) is 0.0470. The van der Waals surface area contributed by atoms with Gasteiger partial charge in [-0.1, -0.05) is 5.92 Å². The summed E-state index contributed by atoms with van der Waals surface area (Å²) in [4.78, 5) is 40.3. The van der Waals surface area contributed by atoms with Crippen molar-refractivity contribution in [3.05, 3.63) is 39.0 Å². The fourth-order valence-corrected chi connectivity index (χ4v) is 5.82. The number of fused-ring (bicyclic) bond motifs is 1. The van der Waals surface area contributed by atoms with Gasteiger partial charge < -0.3 is 9.64 Å². The zero-order chi connectivity index (χ0) is 24.3. The molecule has 3 fully saturated rings. The van der Waals surface area contributed by atoms with Gasteiger partial charge in [0.05, 0.1) is 35.1 Å². The minimum absolute atomic E-state index is 0.0161. The highest BCUT2D eigenvalue weighted by Gasteiger charge is 2.41. The molecule has 3 heterocycles. The van der Waals surface area contributed by atoms with E-state index in [1.54, 1.807) is 6.92 Å². The van der Waals surface area contributed by atoms with E-state index in [9.17, 15) is 22.8 Å². The Morgan fingerprint density at radius 3 is 2.53 bits per heavy atom. The van der Waals surface area contributed by atoms with Crippen LogP contribution in [0.5, 0.6) is 0 Å². The van der Waals surface area contributed by atoms with Gasteiger partial charge in [-0.2, -0.15) is 0 Å². The van der Waals surface area contributed by atoms with E-state index in [-0.39, 0.29) is 35.2 Å². The number of nitrogens with one attached hydrogen (secondary N) is 1. The van der Waals surface area contributed by atoms with Gasteiger partial charge in [-0.15, -0.1) is 0 Å². The van der Waals surface area contributed by atoms with Crippen molar-refractivity contribution in [3.63, 3.8) is 0 Å². The molecule has 34 heavy (non-hydrogen) atoms. The second kappa shape index (κ2) is 8.08. The molecule has 2 aliphatic heterocycles. The van der Waals surface area contributed by atoms with Crippen LogP contribution in [0, 0.1) is 17.8 Å². The van der Waals surface area contributed by atoms with E-state index >= 15 is 0 Å². The Morgan fingerprint density at radius 1 is 1.24 bits per heavy atom. The van der Waals surface area contributed by atoms with Gasteiger partial charge in [-0.3, -0.25) is 18.7 Å². The Kier molecular flexibility index (Phi) is 5.42. The molecule has 0 unspecified atom stereocenters. The molecular weight excluding hydrogens is 460 g/mol. The number of hydrogen-bond acceptors (Lipinski definition) is 6. The van der Waals surface area contributed by atoms with Gasteiger partial charge >= 0.3 is 5.69 Å². The van der Waals surface area contributed by atoms with Crippen molar-refractivity contribution in [1.82, 2.24) is 18.8 Å². The molecular formula is C23H26N4O6S. The number of ether oxygens (including phenoxy) is 1. The van der Waals surface area contributed by atoms with Crippen LogP contribution in [-0.4, -0.2) is 60.2 Å². The number of carbonyl (C=O) groups excluding carboxylic acids is 1. The van der Waals surface area contributed by atoms with Crippen LogP contribution in [0.15, 0.2) is 32.7 Å². The summed E-state index contributed by atoms with van der Waals surface area (Å²) in [7, 11) is -3.83. The molecule has 1 aromatic carbocycles. The highest BCUT2D eigenvalue weighted by molar-refractivity contribution is 7.89. The van der Waals surface area contributed by atoms with E-state index in [1.807, 2.05) is 6.92 Å². The first kappa shape index (κ1) is 22.8. The van der Waals surface area contributed by atoms with E-state index in [2.05, 4.69) is 16.6 Å². The number of amides is 1. The number of carbonyl (C=O) groups is 1. The maximum Gasteiger partial charge on any atom is 0.331 e. The molecule has 11 heteroatoms. The van der Waals surface area contributed by atoms with Crippen LogP contribution >= 0.6 is 0 Å². The largest absolute Gasteiger partial charge is 0.381 e. The molecule has 1 aromatic heterocycles. The highest BCUT2D eigenvalue weighted by Crippen LogP contribution is 2.36. The summed E-state index contributed by atoms with van der Waals surface area (Å²) < 4.78 is 36.5. The van der Waals surface area contributed by atoms with Crippen molar-refractivity contribution in [3.8, 4) is 11.8 Å². The zero-order valence-electron chi connectivity index (χ0n) is 19.0. The Labute approximate surface area is 196 Å². The van der Waals surface area contributed by atoms with Gasteiger partial charge in [-0.05, 0) is 50.8 Å². The number of nitrogens with zero attached hydrogens (tertiary/aromatic N) is 3. The molecule has 0 bridgehead atoms. The van der Waals surface area contributed by atoms with Gasteiger partial charge in [0.1, 0.15) is 0 Å². The van der Waals surface area contributed by atoms with Crippen molar-refractivity contribution in [2.75, 3.05) is 26.3 Å². The van der Waals surface area contributed by atoms with E-state index in [0.29, 0.717) is 25.3 Å². The Morgan fingerprint density at radius 2 is 1.94 bits per heavy atom. The van der Waals surface area contributed by atoms with Crippen molar-refractivity contribution >= 4 is 26.8 Å². The first-order chi connectivity index (χ1) is 16.1. The average Bonchev–Trinajstić information content (AvgIpc) is 3.43. The highest BCUT2D eigenvalue weighted by atomic mass is 32.2. The summed E-state index contributed by atoms with van der Waals surface area (Å²) >= 11 is 0. The second-order valence-electron chi connectivity index (χ2n) is 9.56. The molecule has 1 amide bonds. The van der Waals surface area contributed by atoms with Gasteiger partial charge in [0, 0.05) is 31.1 Å². The number of likely N-dealkylation sites (tertiary alicyclic amines) is 1. The number of sulfonamides is 1. The first-order valence-corrected chi connectivity index (χ1v) is 12.7. The molecule has 180 valence electrons. The lowest BCUT2D eigenvalue weighted by molar-refractivity contribution is -0.130. The van der Waals surface area contributed by atoms with Crippen LogP contribution in [0.4, 0.5) is 0 Å². The number of rotatable bonds is 6. The summed E-state index contributed by atoms with van der Waals surface area (Å²) in [6.45, 7) is 5.18. The topological polar surface area (TPSA) is 120 Å². The van der Waals surface area contributed by atoms with E-state index in [4.69, 9.17) is 4.74 Å². The molecule has 0 spiro atoms. The third-order valence-electron chi connectivity index (χ3n) is 6.73. The normalized spacial score (nSPS) is 19.8. The van der Waals surface area contributed by atoms with E-state index in [0.717, 1.165) is 17.4 Å². The zero-order valence-corrected chi connectivity index (χ0v) is 19.9. The quantitative estimate of drug-likeness (QED) is 0.576. The van der Waals surface area contributed by atoms with Crippen molar-refractivity contribution in [2.24, 2.45) is 5.92 Å². The third kappa shape index (κ3) is 3.96. The number of hydrogen-bond donors (Lipinski definition) is 1. The Balaban J connectivity index is 1.59. The van der Waals surface area contributed by atoms with Gasteiger partial charge in [0.25, 0.3) is 11.5 Å². The molecule has 3 aliphatic rings. The maximum atomic E-state index is 13.5. The summed E-state index contributed by atoms with van der Waals surface area (Å²) in [5.41, 5.74) is -1.10. The second-order valence-corrected chi connectivity index (χ2v) is 11.2. The third-order valence-corrected chi connectivity index (χ3v) is 8.37. The van der Waals surface area contributed by atoms with Gasteiger partial charge in [0.15, 0.2) is 0 Å².